The smallest absolute Gasteiger partial charge is 0.338 e. The Kier molecular flexibility index (Phi) is 15.1. The van der Waals surface area contributed by atoms with E-state index in [0.717, 1.165) is 37.7 Å². The molecule has 10 nitrogen and oxygen atoms in total. The van der Waals surface area contributed by atoms with E-state index >= 15 is 0 Å². The molecule has 0 N–H and O–H groups in total. The molecule has 1 saturated carbocycles. The summed E-state index contributed by atoms with van der Waals surface area (Å²) in [5, 5.41) is 0. The number of esters is 4. The maximum Gasteiger partial charge on any atom is 0.338 e. The summed E-state index contributed by atoms with van der Waals surface area (Å²) in [5.74, 6) is -1.80. The Labute approximate surface area is 332 Å². The van der Waals surface area contributed by atoms with Crippen LogP contribution in [-0.2, 0) is 39.8 Å². The minimum atomic E-state index is -1.30. The normalized spacial score (nSPS) is 21.6. The average molecular weight is 781 g/mol. The highest BCUT2D eigenvalue weighted by atomic mass is 32.2. The van der Waals surface area contributed by atoms with E-state index in [9.17, 15) is 19.2 Å². The van der Waals surface area contributed by atoms with Gasteiger partial charge in [-0.1, -0.05) is 124 Å². The summed E-state index contributed by atoms with van der Waals surface area (Å²) in [6.45, 7) is 1.63. The predicted molar refractivity (Wildman–Crippen MR) is 211 cm³/mol. The van der Waals surface area contributed by atoms with Gasteiger partial charge in [-0.15, -0.1) is 11.8 Å². The topological polar surface area (TPSA) is 124 Å². The monoisotopic (exact) mass is 780 g/mol. The highest BCUT2D eigenvalue weighted by molar-refractivity contribution is 7.99. The first kappa shape index (κ1) is 40.7. The molecular formula is C45H48O10S. The summed E-state index contributed by atoms with van der Waals surface area (Å²) in [7, 11) is 0. The van der Waals surface area contributed by atoms with E-state index in [-0.39, 0.29) is 24.7 Å². The summed E-state index contributed by atoms with van der Waals surface area (Å²) in [6.07, 6.45) is -0.521. The molecule has 2 fully saturated rings. The lowest BCUT2D eigenvalue weighted by Gasteiger charge is -2.45. The van der Waals surface area contributed by atoms with Crippen LogP contribution in [0.2, 0.25) is 0 Å². The van der Waals surface area contributed by atoms with Crippen molar-refractivity contribution in [2.45, 2.75) is 88.0 Å². The van der Waals surface area contributed by atoms with Gasteiger partial charge in [-0.3, -0.25) is 0 Å². The Balaban J connectivity index is 1.38. The predicted octanol–water partition coefficient (Wildman–Crippen LogP) is 8.24. The van der Waals surface area contributed by atoms with Crippen molar-refractivity contribution in [3.8, 4) is 0 Å². The fourth-order valence-electron chi connectivity index (χ4n) is 7.02. The summed E-state index contributed by atoms with van der Waals surface area (Å²) in [6, 6.07) is 34.8. The molecule has 0 spiro atoms. The van der Waals surface area contributed by atoms with Gasteiger partial charge in [-0.25, -0.2) is 19.2 Å². The summed E-state index contributed by atoms with van der Waals surface area (Å²) in [5.41, 5.74) is 0.837. The van der Waals surface area contributed by atoms with Crippen LogP contribution in [-0.4, -0.2) is 72.2 Å². The number of carbonyl (C=O) groups is 4. The third-order valence-corrected chi connectivity index (χ3v) is 10.9. The van der Waals surface area contributed by atoms with Crippen molar-refractivity contribution in [1.82, 2.24) is 0 Å². The molecule has 0 amide bonds. The van der Waals surface area contributed by atoms with E-state index in [0.29, 0.717) is 23.3 Å². The van der Waals surface area contributed by atoms with E-state index < -0.39 is 59.8 Å². The zero-order valence-electron chi connectivity index (χ0n) is 31.4. The second-order valence-corrected chi connectivity index (χ2v) is 15.2. The van der Waals surface area contributed by atoms with Crippen molar-refractivity contribution in [3.05, 3.63) is 144 Å². The lowest BCUT2D eigenvalue weighted by atomic mass is 9.85. The largest absolute Gasteiger partial charge is 0.459 e. The second-order valence-electron chi connectivity index (χ2n) is 13.9. The zero-order chi connectivity index (χ0) is 39.1. The fraction of sp³-hybridized carbons (Fsp3) is 0.378. The molecule has 0 radical (unpaired) electrons. The molecule has 1 aliphatic heterocycles. The number of ether oxygens (including phenoxy) is 6. The van der Waals surface area contributed by atoms with E-state index in [1.54, 1.807) is 91.0 Å². The van der Waals surface area contributed by atoms with Crippen LogP contribution in [0.5, 0.6) is 0 Å². The summed E-state index contributed by atoms with van der Waals surface area (Å²) in [4.78, 5) is 55.0. The van der Waals surface area contributed by atoms with Gasteiger partial charge in [0.05, 0.1) is 16.7 Å². The molecule has 1 saturated heterocycles. The number of rotatable bonds is 16. The molecule has 0 aromatic heterocycles. The third kappa shape index (κ3) is 11.3. The molecule has 294 valence electrons. The quantitative estimate of drug-likeness (QED) is 0.0807. The molecule has 4 aromatic rings. The van der Waals surface area contributed by atoms with Crippen LogP contribution in [0.1, 0.15) is 82.1 Å². The first-order valence-corrected chi connectivity index (χ1v) is 20.3. The molecule has 0 bridgehead atoms. The number of hydrogen-bond donors (Lipinski definition) is 0. The Morgan fingerprint density at radius 2 is 1.16 bits per heavy atom. The van der Waals surface area contributed by atoms with Crippen molar-refractivity contribution in [1.29, 1.82) is 0 Å². The van der Waals surface area contributed by atoms with Crippen LogP contribution in [0.25, 0.3) is 0 Å². The first-order chi connectivity index (χ1) is 27.4. The molecule has 6 atom stereocenters. The molecule has 0 unspecified atom stereocenters. The molecule has 1 aliphatic carbocycles. The maximum atomic E-state index is 14.2. The van der Waals surface area contributed by atoms with Crippen LogP contribution in [0.15, 0.2) is 121 Å². The Morgan fingerprint density at radius 3 is 1.71 bits per heavy atom. The summed E-state index contributed by atoms with van der Waals surface area (Å²) >= 11 is 1.36. The van der Waals surface area contributed by atoms with Gasteiger partial charge in [0.2, 0.25) is 0 Å². The van der Waals surface area contributed by atoms with Gasteiger partial charge in [-0.05, 0) is 60.1 Å². The van der Waals surface area contributed by atoms with Crippen molar-refractivity contribution < 1.29 is 47.6 Å². The minimum Gasteiger partial charge on any atom is -0.459 e. The molecule has 4 aromatic carbocycles. The van der Waals surface area contributed by atoms with Gasteiger partial charge in [-0.2, -0.15) is 0 Å². The van der Waals surface area contributed by atoms with Crippen LogP contribution < -0.4 is 0 Å². The van der Waals surface area contributed by atoms with E-state index in [2.05, 4.69) is 0 Å². The van der Waals surface area contributed by atoms with Crippen LogP contribution in [0.3, 0.4) is 0 Å². The van der Waals surface area contributed by atoms with Gasteiger partial charge in [0.15, 0.2) is 18.3 Å². The first-order valence-electron chi connectivity index (χ1n) is 19.3. The third-order valence-electron chi connectivity index (χ3n) is 9.90. The molecule has 6 rings (SSSR count). The lowest BCUT2D eigenvalue weighted by Crippen LogP contribution is -2.62. The second kappa shape index (κ2) is 20.8. The van der Waals surface area contributed by atoms with Gasteiger partial charge in [0.1, 0.15) is 30.9 Å². The number of thioether (sulfide) groups is 1. The van der Waals surface area contributed by atoms with Gasteiger partial charge in [0, 0.05) is 0 Å². The van der Waals surface area contributed by atoms with Gasteiger partial charge in [0.25, 0.3) is 0 Å². The zero-order valence-corrected chi connectivity index (χ0v) is 32.3. The van der Waals surface area contributed by atoms with Crippen molar-refractivity contribution in [2.75, 3.05) is 12.4 Å². The minimum absolute atomic E-state index is 0.0309. The molecular weight excluding hydrogens is 733 g/mol. The number of benzene rings is 4. The fourth-order valence-corrected chi connectivity index (χ4v) is 7.97. The summed E-state index contributed by atoms with van der Waals surface area (Å²) < 4.78 is 37.6. The molecule has 1 heterocycles. The molecule has 11 heteroatoms. The Hall–Kier alpha value is -4.97. The van der Waals surface area contributed by atoms with Crippen molar-refractivity contribution in [2.24, 2.45) is 5.92 Å². The Morgan fingerprint density at radius 1 is 0.643 bits per heavy atom. The van der Waals surface area contributed by atoms with E-state index in [1.165, 1.54) is 11.8 Å². The SMILES string of the molecule is CCS[C@@H]1O[C@H](COC(=O)c2ccccc2)[C@H](OC(=O)c2ccccc2)[C@H](O[C@@H](CC2CCCCC2)C(=O)OCc2ccccc2)[C@H]1OC(=O)c1ccccc1. The standard InChI is InChI=1S/C45H48O10S/c1-2-56-45-40(55-43(48)35-26-16-7-17-27-35)39(52-36(28-31-18-8-3-9-19-31)44(49)50-29-32-20-10-4-11-21-32)38(54-42(47)34-24-14-6-15-25-34)37(53-45)30-51-41(46)33-22-12-5-13-23-33/h4-7,10-17,20-27,31,36-40,45H,2-3,8-9,18-19,28-30H2,1H3/t36-,37+,38-,39-,40+,45-/m0/s1. The van der Waals surface area contributed by atoms with Gasteiger partial charge < -0.3 is 28.4 Å². The number of carbonyl (C=O) groups excluding carboxylic acids is 4. The highest BCUT2D eigenvalue weighted by Crippen LogP contribution is 2.37. The Bertz CT molecular complexity index is 1840. The van der Waals surface area contributed by atoms with Crippen molar-refractivity contribution in [3.63, 3.8) is 0 Å². The van der Waals surface area contributed by atoms with Crippen LogP contribution >= 0.6 is 11.8 Å². The van der Waals surface area contributed by atoms with E-state index in [4.69, 9.17) is 28.4 Å². The average Bonchev–Trinajstić information content (AvgIpc) is 3.25. The number of hydrogen-bond acceptors (Lipinski definition) is 11. The highest BCUT2D eigenvalue weighted by Gasteiger charge is 2.53. The molecule has 56 heavy (non-hydrogen) atoms. The van der Waals surface area contributed by atoms with E-state index in [1.807, 2.05) is 37.3 Å². The van der Waals surface area contributed by atoms with Gasteiger partial charge >= 0.3 is 23.9 Å². The van der Waals surface area contributed by atoms with Crippen molar-refractivity contribution >= 4 is 35.6 Å². The van der Waals surface area contributed by atoms with Crippen LogP contribution in [0, 0.1) is 5.92 Å². The van der Waals surface area contributed by atoms with Crippen LogP contribution in [0.4, 0.5) is 0 Å². The lowest BCUT2D eigenvalue weighted by molar-refractivity contribution is -0.235. The maximum absolute atomic E-state index is 14.2. The molecule has 2 aliphatic rings.